The highest BCUT2D eigenvalue weighted by Gasteiger charge is 2.04. The number of rotatable bonds is 3. The average molecular weight is 230 g/mol. The molecule has 2 aromatic rings. The van der Waals surface area contributed by atoms with Gasteiger partial charge in [0.15, 0.2) is 5.16 Å². The topological polar surface area (TPSA) is 25.8 Å². The van der Waals surface area contributed by atoms with Crippen LogP contribution in [0.1, 0.15) is 11.3 Å². The molecule has 0 saturated heterocycles. The number of hydrogen-bond donors (Lipinski definition) is 0. The molecular weight excluding hydrogens is 216 g/mol. The molecule has 0 aliphatic rings. The second-order valence-corrected chi connectivity index (χ2v) is 4.70. The minimum absolute atomic E-state index is 0.828. The predicted octanol–water partition coefficient (Wildman–Crippen LogP) is 3.52. The van der Waals surface area contributed by atoms with Gasteiger partial charge in [-0.3, -0.25) is 0 Å². The standard InChI is InChI=1S/C13H14N2S/c1-4-7-16-13-14-10(3)11-8-9(2)5-6-12(11)15-13/h4-6,8H,1,7H2,2-3H3. The maximum atomic E-state index is 4.52. The minimum atomic E-state index is 0.828. The van der Waals surface area contributed by atoms with Crippen LogP contribution in [0.3, 0.4) is 0 Å². The van der Waals surface area contributed by atoms with Crippen LogP contribution in [0.25, 0.3) is 10.9 Å². The highest BCUT2D eigenvalue weighted by Crippen LogP contribution is 2.21. The van der Waals surface area contributed by atoms with Crippen LogP contribution in [0.2, 0.25) is 0 Å². The summed E-state index contributed by atoms with van der Waals surface area (Å²) < 4.78 is 0. The van der Waals surface area contributed by atoms with E-state index in [-0.39, 0.29) is 0 Å². The van der Waals surface area contributed by atoms with Crippen molar-refractivity contribution in [2.24, 2.45) is 0 Å². The van der Waals surface area contributed by atoms with Crippen LogP contribution < -0.4 is 0 Å². The molecule has 0 radical (unpaired) electrons. The molecule has 0 aliphatic heterocycles. The van der Waals surface area contributed by atoms with Gasteiger partial charge in [0.1, 0.15) is 0 Å². The second-order valence-electron chi connectivity index (χ2n) is 3.71. The molecule has 0 N–H and O–H groups in total. The Morgan fingerprint density at radius 2 is 2.12 bits per heavy atom. The van der Waals surface area contributed by atoms with Crippen LogP contribution >= 0.6 is 11.8 Å². The lowest BCUT2D eigenvalue weighted by Gasteiger charge is -2.05. The van der Waals surface area contributed by atoms with E-state index in [0.29, 0.717) is 0 Å². The largest absolute Gasteiger partial charge is 0.227 e. The number of aryl methyl sites for hydroxylation is 2. The number of aromatic nitrogens is 2. The lowest BCUT2D eigenvalue weighted by Crippen LogP contribution is -1.93. The fourth-order valence-corrected chi connectivity index (χ4v) is 2.20. The first-order chi connectivity index (χ1) is 7.70. The number of fused-ring (bicyclic) bond motifs is 1. The normalized spacial score (nSPS) is 10.6. The van der Waals surface area contributed by atoms with Gasteiger partial charge in [-0.05, 0) is 26.0 Å². The van der Waals surface area contributed by atoms with Crippen molar-refractivity contribution in [1.29, 1.82) is 0 Å². The van der Waals surface area contributed by atoms with Crippen LogP contribution in [0.5, 0.6) is 0 Å². The van der Waals surface area contributed by atoms with E-state index in [1.165, 1.54) is 5.56 Å². The summed E-state index contributed by atoms with van der Waals surface area (Å²) in [4.78, 5) is 9.00. The van der Waals surface area contributed by atoms with Crippen LogP contribution in [0.15, 0.2) is 36.0 Å². The molecule has 1 heterocycles. The lowest BCUT2D eigenvalue weighted by atomic mass is 10.1. The van der Waals surface area contributed by atoms with Gasteiger partial charge in [-0.25, -0.2) is 9.97 Å². The summed E-state index contributed by atoms with van der Waals surface area (Å²) in [6, 6.07) is 6.26. The zero-order valence-electron chi connectivity index (χ0n) is 9.53. The van der Waals surface area contributed by atoms with Gasteiger partial charge in [-0.2, -0.15) is 0 Å². The molecule has 0 fully saturated rings. The van der Waals surface area contributed by atoms with Gasteiger partial charge in [-0.15, -0.1) is 6.58 Å². The molecule has 0 amide bonds. The first kappa shape index (κ1) is 11.1. The smallest absolute Gasteiger partial charge is 0.188 e. The summed E-state index contributed by atoms with van der Waals surface area (Å²) in [5.74, 6) is 0.844. The molecule has 3 heteroatoms. The molecule has 82 valence electrons. The van der Waals surface area contributed by atoms with Crippen LogP contribution in [0, 0.1) is 13.8 Å². The molecule has 0 atom stereocenters. The summed E-state index contributed by atoms with van der Waals surface area (Å²) in [5.41, 5.74) is 3.30. The molecule has 0 saturated carbocycles. The molecule has 16 heavy (non-hydrogen) atoms. The molecule has 0 unspecified atom stereocenters. The molecule has 0 spiro atoms. The number of nitrogens with zero attached hydrogens (tertiary/aromatic N) is 2. The maximum absolute atomic E-state index is 4.52. The van der Waals surface area contributed by atoms with Crippen molar-refractivity contribution in [2.45, 2.75) is 19.0 Å². The van der Waals surface area contributed by atoms with E-state index in [0.717, 1.165) is 27.5 Å². The van der Waals surface area contributed by atoms with Gasteiger partial charge in [0.05, 0.1) is 5.52 Å². The molecule has 2 rings (SSSR count). The Morgan fingerprint density at radius 3 is 2.88 bits per heavy atom. The van der Waals surface area contributed by atoms with E-state index in [9.17, 15) is 0 Å². The Labute approximate surface area is 99.8 Å². The Morgan fingerprint density at radius 1 is 1.31 bits per heavy atom. The molecule has 0 aliphatic carbocycles. The summed E-state index contributed by atoms with van der Waals surface area (Å²) in [6.45, 7) is 7.81. The number of hydrogen-bond acceptors (Lipinski definition) is 3. The van der Waals surface area contributed by atoms with E-state index < -0.39 is 0 Å². The quantitative estimate of drug-likeness (QED) is 0.458. The first-order valence-corrected chi connectivity index (χ1v) is 6.18. The van der Waals surface area contributed by atoms with Crippen molar-refractivity contribution < 1.29 is 0 Å². The zero-order chi connectivity index (χ0) is 11.5. The van der Waals surface area contributed by atoms with Crippen LogP contribution in [0.4, 0.5) is 0 Å². The van der Waals surface area contributed by atoms with Gasteiger partial charge < -0.3 is 0 Å². The highest BCUT2D eigenvalue weighted by atomic mass is 32.2. The van der Waals surface area contributed by atoms with E-state index in [2.05, 4.69) is 41.7 Å². The van der Waals surface area contributed by atoms with Crippen molar-refractivity contribution in [1.82, 2.24) is 9.97 Å². The van der Waals surface area contributed by atoms with E-state index in [1.807, 2.05) is 13.0 Å². The summed E-state index contributed by atoms with van der Waals surface area (Å²) in [7, 11) is 0. The van der Waals surface area contributed by atoms with Gasteiger partial charge in [-0.1, -0.05) is 29.5 Å². The van der Waals surface area contributed by atoms with Gasteiger partial charge >= 0.3 is 0 Å². The van der Waals surface area contributed by atoms with Crippen molar-refractivity contribution in [2.75, 3.05) is 5.75 Å². The van der Waals surface area contributed by atoms with E-state index >= 15 is 0 Å². The number of benzene rings is 1. The third-order valence-corrected chi connectivity index (χ3v) is 3.19. The van der Waals surface area contributed by atoms with Crippen LogP contribution in [-0.4, -0.2) is 15.7 Å². The summed E-state index contributed by atoms with van der Waals surface area (Å²) >= 11 is 1.61. The van der Waals surface area contributed by atoms with Crippen LogP contribution in [-0.2, 0) is 0 Å². The maximum Gasteiger partial charge on any atom is 0.188 e. The minimum Gasteiger partial charge on any atom is -0.227 e. The Bertz CT molecular complexity index is 535. The Kier molecular flexibility index (Phi) is 3.25. The third kappa shape index (κ3) is 2.25. The van der Waals surface area contributed by atoms with E-state index in [1.54, 1.807) is 11.8 Å². The first-order valence-electron chi connectivity index (χ1n) is 5.19. The highest BCUT2D eigenvalue weighted by molar-refractivity contribution is 7.99. The lowest BCUT2D eigenvalue weighted by molar-refractivity contribution is 0.970. The summed E-state index contributed by atoms with van der Waals surface area (Å²) in [5, 5.41) is 1.97. The molecule has 1 aromatic heterocycles. The fourth-order valence-electron chi connectivity index (χ4n) is 1.57. The van der Waals surface area contributed by atoms with Gasteiger partial charge in [0, 0.05) is 16.8 Å². The van der Waals surface area contributed by atoms with Crippen molar-refractivity contribution in [3.05, 3.63) is 42.1 Å². The Hall–Kier alpha value is -1.35. The van der Waals surface area contributed by atoms with Gasteiger partial charge in [0.25, 0.3) is 0 Å². The molecule has 0 bridgehead atoms. The second kappa shape index (κ2) is 4.66. The van der Waals surface area contributed by atoms with Crippen molar-refractivity contribution in [3.63, 3.8) is 0 Å². The monoisotopic (exact) mass is 230 g/mol. The average Bonchev–Trinajstić information content (AvgIpc) is 2.27. The fraction of sp³-hybridized carbons (Fsp3) is 0.231. The SMILES string of the molecule is C=CCSc1nc(C)c2cc(C)ccc2n1. The van der Waals surface area contributed by atoms with E-state index in [4.69, 9.17) is 0 Å². The zero-order valence-corrected chi connectivity index (χ0v) is 10.3. The van der Waals surface area contributed by atoms with Crippen molar-refractivity contribution in [3.8, 4) is 0 Å². The Balaban J connectivity index is 2.50. The molecule has 1 aromatic carbocycles. The molecule has 2 nitrogen and oxygen atoms in total. The molecular formula is C13H14N2S. The summed E-state index contributed by atoms with van der Waals surface area (Å²) in [6.07, 6.45) is 1.86. The van der Waals surface area contributed by atoms with Crippen molar-refractivity contribution >= 4 is 22.7 Å². The van der Waals surface area contributed by atoms with Gasteiger partial charge in [0.2, 0.25) is 0 Å². The predicted molar refractivity (Wildman–Crippen MR) is 69.9 cm³/mol. The third-order valence-electron chi connectivity index (χ3n) is 2.35. The number of thioether (sulfide) groups is 1.